The van der Waals surface area contributed by atoms with Crippen LogP contribution in [0.25, 0.3) is 0 Å². The smallest absolute Gasteiger partial charge is 0.269 e. The maximum absolute atomic E-state index is 10.8. The van der Waals surface area contributed by atoms with Crippen molar-refractivity contribution in [1.29, 1.82) is 0 Å². The maximum atomic E-state index is 10.8. The highest BCUT2D eigenvalue weighted by Gasteiger charge is 2.13. The molecule has 2 rings (SSSR count). The molecule has 0 saturated carbocycles. The fourth-order valence-corrected chi connectivity index (χ4v) is 2.81. The van der Waals surface area contributed by atoms with E-state index in [1.807, 2.05) is 13.0 Å². The van der Waals surface area contributed by atoms with E-state index in [9.17, 15) is 10.1 Å². The summed E-state index contributed by atoms with van der Waals surface area (Å²) >= 11 is 5.08. The van der Waals surface area contributed by atoms with Gasteiger partial charge in [0.15, 0.2) is 16.6 Å². The van der Waals surface area contributed by atoms with Crippen molar-refractivity contribution in [2.45, 2.75) is 20.0 Å². The van der Waals surface area contributed by atoms with Crippen molar-refractivity contribution in [3.63, 3.8) is 0 Å². The van der Waals surface area contributed by atoms with Gasteiger partial charge in [-0.15, -0.1) is 6.58 Å². The third-order valence-corrected chi connectivity index (χ3v) is 4.22. The number of nitrogens with one attached hydrogen (secondary N) is 2. The average Bonchev–Trinajstić information content (AvgIpc) is 2.73. The Balaban J connectivity index is 2.20. The number of nitrogens with zero attached hydrogens (tertiary/aromatic N) is 2. The van der Waals surface area contributed by atoms with Crippen LogP contribution in [-0.4, -0.2) is 29.9 Å². The fourth-order valence-electron chi connectivity index (χ4n) is 2.62. The zero-order valence-corrected chi connectivity index (χ0v) is 17.7. The van der Waals surface area contributed by atoms with Gasteiger partial charge in [-0.2, -0.15) is 5.10 Å². The minimum Gasteiger partial charge on any atom is -0.493 e. The van der Waals surface area contributed by atoms with Gasteiger partial charge in [0.2, 0.25) is 0 Å². The summed E-state index contributed by atoms with van der Waals surface area (Å²) in [5.74, 6) is 1.14. The second-order valence-electron chi connectivity index (χ2n) is 6.15. The third-order valence-electron chi connectivity index (χ3n) is 3.99. The van der Waals surface area contributed by atoms with Gasteiger partial charge in [0.25, 0.3) is 5.69 Å². The molecule has 158 valence electrons. The van der Waals surface area contributed by atoms with E-state index in [2.05, 4.69) is 22.4 Å². The van der Waals surface area contributed by atoms with Gasteiger partial charge in [-0.05, 0) is 61.0 Å². The SMILES string of the molecule is C=CCc1cc(C=NNC(=S)NCC)cc(OC)c1OCc1ccc([N+](=O)[O-])cc1. The van der Waals surface area contributed by atoms with Crippen molar-refractivity contribution >= 4 is 29.2 Å². The molecule has 2 aromatic carbocycles. The van der Waals surface area contributed by atoms with Crippen LogP contribution in [0.15, 0.2) is 54.2 Å². The van der Waals surface area contributed by atoms with Crippen LogP contribution in [-0.2, 0) is 13.0 Å². The molecular weight excluding hydrogens is 404 g/mol. The molecule has 0 atom stereocenters. The van der Waals surface area contributed by atoms with Crippen LogP contribution in [0.3, 0.4) is 0 Å². The van der Waals surface area contributed by atoms with Crippen molar-refractivity contribution in [3.8, 4) is 11.5 Å². The molecule has 0 fully saturated rings. The molecule has 0 radical (unpaired) electrons. The van der Waals surface area contributed by atoms with Crippen LogP contribution in [0.1, 0.15) is 23.6 Å². The van der Waals surface area contributed by atoms with Crippen LogP contribution >= 0.6 is 12.2 Å². The number of rotatable bonds is 10. The summed E-state index contributed by atoms with van der Waals surface area (Å²) in [5, 5.41) is 18.3. The van der Waals surface area contributed by atoms with Crippen molar-refractivity contribution in [1.82, 2.24) is 10.7 Å². The highest BCUT2D eigenvalue weighted by atomic mass is 32.1. The van der Waals surface area contributed by atoms with Crippen molar-refractivity contribution in [3.05, 3.63) is 75.9 Å². The van der Waals surface area contributed by atoms with Crippen LogP contribution in [0.2, 0.25) is 0 Å². The lowest BCUT2D eigenvalue weighted by Crippen LogP contribution is -2.31. The lowest BCUT2D eigenvalue weighted by Gasteiger charge is -2.16. The first-order chi connectivity index (χ1) is 14.5. The number of hydrazone groups is 1. The molecule has 9 heteroatoms. The summed E-state index contributed by atoms with van der Waals surface area (Å²) in [5.41, 5.74) is 5.27. The Morgan fingerprint density at radius 1 is 1.33 bits per heavy atom. The standard InChI is InChI=1S/C21H24N4O4S/c1-4-6-17-11-16(13-23-24-21(30)22-5-2)12-19(28-3)20(17)29-14-15-7-9-18(10-8-15)25(26)27/h4,7-13H,1,5-6,14H2,2-3H3,(H2,22,24,30). The van der Waals surface area contributed by atoms with Gasteiger partial charge in [-0.3, -0.25) is 15.5 Å². The molecule has 0 aliphatic rings. The Kier molecular flexibility index (Phi) is 8.76. The molecule has 0 spiro atoms. The first-order valence-electron chi connectivity index (χ1n) is 9.23. The number of nitro groups is 1. The van der Waals surface area contributed by atoms with E-state index in [4.69, 9.17) is 21.7 Å². The van der Waals surface area contributed by atoms with Crippen LogP contribution in [0, 0.1) is 10.1 Å². The number of hydrogen-bond donors (Lipinski definition) is 2. The number of non-ortho nitro benzene ring substituents is 1. The van der Waals surface area contributed by atoms with Gasteiger partial charge in [0.1, 0.15) is 6.61 Å². The summed E-state index contributed by atoms with van der Waals surface area (Å²) in [6.45, 7) is 6.69. The minimum absolute atomic E-state index is 0.0366. The van der Waals surface area contributed by atoms with Crippen molar-refractivity contribution < 1.29 is 14.4 Å². The quantitative estimate of drug-likeness (QED) is 0.196. The van der Waals surface area contributed by atoms with Gasteiger partial charge >= 0.3 is 0 Å². The molecule has 2 aromatic rings. The maximum Gasteiger partial charge on any atom is 0.269 e. The molecule has 0 unspecified atom stereocenters. The van der Waals surface area contributed by atoms with E-state index in [-0.39, 0.29) is 12.3 Å². The van der Waals surface area contributed by atoms with Crippen LogP contribution in [0.5, 0.6) is 11.5 Å². The number of thiocarbonyl (C=S) groups is 1. The Morgan fingerprint density at radius 2 is 2.07 bits per heavy atom. The normalized spacial score (nSPS) is 10.5. The average molecular weight is 429 g/mol. The molecule has 0 aliphatic heterocycles. The largest absolute Gasteiger partial charge is 0.493 e. The molecule has 0 aliphatic carbocycles. The van der Waals surface area contributed by atoms with E-state index < -0.39 is 4.92 Å². The van der Waals surface area contributed by atoms with Crippen molar-refractivity contribution in [2.24, 2.45) is 5.10 Å². The molecular formula is C21H24N4O4S. The predicted molar refractivity (Wildman–Crippen MR) is 121 cm³/mol. The van der Waals surface area contributed by atoms with Gasteiger partial charge < -0.3 is 14.8 Å². The van der Waals surface area contributed by atoms with E-state index in [0.717, 1.165) is 16.7 Å². The van der Waals surface area contributed by atoms with Gasteiger partial charge in [-0.1, -0.05) is 6.08 Å². The number of benzene rings is 2. The number of ether oxygens (including phenoxy) is 2. The summed E-state index contributed by atoms with van der Waals surface area (Å²) in [4.78, 5) is 10.4. The van der Waals surface area contributed by atoms with Gasteiger partial charge in [0.05, 0.1) is 18.2 Å². The van der Waals surface area contributed by atoms with Gasteiger partial charge in [-0.25, -0.2) is 0 Å². The Morgan fingerprint density at radius 3 is 2.67 bits per heavy atom. The lowest BCUT2D eigenvalue weighted by atomic mass is 10.1. The van der Waals surface area contributed by atoms with E-state index in [1.54, 1.807) is 37.6 Å². The molecule has 0 saturated heterocycles. The highest BCUT2D eigenvalue weighted by molar-refractivity contribution is 7.80. The zero-order chi connectivity index (χ0) is 21.9. The topological polar surface area (TPSA) is 98.0 Å². The van der Waals surface area contributed by atoms with E-state index in [1.165, 1.54) is 12.1 Å². The summed E-state index contributed by atoms with van der Waals surface area (Å²) in [6.07, 6.45) is 3.97. The number of hydrogen-bond acceptors (Lipinski definition) is 6. The molecule has 0 amide bonds. The second kappa shape index (κ2) is 11.5. The molecule has 0 heterocycles. The van der Waals surface area contributed by atoms with E-state index in [0.29, 0.717) is 29.6 Å². The monoisotopic (exact) mass is 428 g/mol. The van der Waals surface area contributed by atoms with Crippen LogP contribution in [0.4, 0.5) is 5.69 Å². The summed E-state index contributed by atoms with van der Waals surface area (Å²) in [6, 6.07) is 9.96. The van der Waals surface area contributed by atoms with Crippen molar-refractivity contribution in [2.75, 3.05) is 13.7 Å². The number of methoxy groups -OCH3 is 1. The number of allylic oxidation sites excluding steroid dienone is 1. The van der Waals surface area contributed by atoms with Crippen LogP contribution < -0.4 is 20.2 Å². The number of nitro benzene ring substituents is 1. The zero-order valence-electron chi connectivity index (χ0n) is 16.9. The van der Waals surface area contributed by atoms with E-state index >= 15 is 0 Å². The molecule has 2 N–H and O–H groups in total. The Bertz CT molecular complexity index is 929. The van der Waals surface area contributed by atoms with Gasteiger partial charge in [0, 0.05) is 24.2 Å². The highest BCUT2D eigenvalue weighted by Crippen LogP contribution is 2.34. The molecule has 0 aromatic heterocycles. The third kappa shape index (κ3) is 6.56. The molecule has 30 heavy (non-hydrogen) atoms. The predicted octanol–water partition coefficient (Wildman–Crippen LogP) is 3.73. The molecule has 0 bridgehead atoms. The molecule has 8 nitrogen and oxygen atoms in total. The lowest BCUT2D eigenvalue weighted by molar-refractivity contribution is -0.384. The summed E-state index contributed by atoms with van der Waals surface area (Å²) in [7, 11) is 1.56. The Hall–Kier alpha value is -3.46. The first kappa shape index (κ1) is 22.8. The minimum atomic E-state index is -0.435. The fraction of sp³-hybridized carbons (Fsp3) is 0.238. The second-order valence-corrected chi connectivity index (χ2v) is 6.55. The summed E-state index contributed by atoms with van der Waals surface area (Å²) < 4.78 is 11.5. The first-order valence-corrected chi connectivity index (χ1v) is 9.64. The Labute approximate surface area is 180 Å².